The molecule has 3 rings (SSSR count). The van der Waals surface area contributed by atoms with Gasteiger partial charge in [-0.25, -0.2) is 13.1 Å². The predicted molar refractivity (Wildman–Crippen MR) is 98.2 cm³/mol. The molecule has 0 heterocycles. The van der Waals surface area contributed by atoms with Crippen LogP contribution in [0.15, 0.2) is 51.8 Å². The number of benzene rings is 2. The molecule has 1 aliphatic carbocycles. The van der Waals surface area contributed by atoms with Crippen LogP contribution in [0.25, 0.3) is 0 Å². The summed E-state index contributed by atoms with van der Waals surface area (Å²) in [4.78, 5) is 11.0. The van der Waals surface area contributed by atoms with Crippen LogP contribution in [-0.2, 0) is 26.8 Å². The van der Waals surface area contributed by atoms with E-state index in [1.165, 1.54) is 12.1 Å². The number of sulfonamides is 1. The zero-order valence-corrected chi connectivity index (χ0v) is 16.2. The molecule has 2 aromatic rings. The van der Waals surface area contributed by atoms with Crippen LogP contribution < -0.4 is 4.72 Å². The third-order valence-electron chi connectivity index (χ3n) is 4.10. The fourth-order valence-electron chi connectivity index (χ4n) is 2.79. The van der Waals surface area contributed by atoms with Crippen molar-refractivity contribution in [3.05, 3.63) is 63.1 Å². The first-order chi connectivity index (χ1) is 11.7. The lowest BCUT2D eigenvalue weighted by molar-refractivity contribution is -0.136. The van der Waals surface area contributed by atoms with Gasteiger partial charge in [-0.15, -0.1) is 0 Å². The first-order valence-electron chi connectivity index (χ1n) is 7.52. The maximum Gasteiger partial charge on any atom is 0.307 e. The molecule has 0 unspecified atom stereocenters. The lowest BCUT2D eigenvalue weighted by atomic mass is 10.1. The monoisotopic (exact) mass is 443 g/mol. The zero-order valence-electron chi connectivity index (χ0n) is 13.0. The molecule has 8 heteroatoms. The van der Waals surface area contributed by atoms with E-state index in [-0.39, 0.29) is 16.9 Å². The third-order valence-corrected chi connectivity index (χ3v) is 6.41. The topological polar surface area (TPSA) is 83.5 Å². The molecule has 5 nitrogen and oxygen atoms in total. The minimum atomic E-state index is -3.88. The number of carboxylic acids is 1. The van der Waals surface area contributed by atoms with Crippen molar-refractivity contribution in [2.24, 2.45) is 0 Å². The van der Waals surface area contributed by atoms with E-state index in [1.807, 2.05) is 6.07 Å². The van der Waals surface area contributed by atoms with Gasteiger partial charge in [-0.1, -0.05) is 45.7 Å². The van der Waals surface area contributed by atoms with Crippen LogP contribution in [-0.4, -0.2) is 19.5 Å². The molecule has 132 valence electrons. The largest absolute Gasteiger partial charge is 0.481 e. The number of nitrogens with one attached hydrogen (secondary N) is 1. The lowest BCUT2D eigenvalue weighted by Crippen LogP contribution is -2.35. The molecule has 0 spiro atoms. The highest BCUT2D eigenvalue weighted by Gasteiger charge is 2.48. The molecule has 2 aromatic carbocycles. The second kappa shape index (κ2) is 6.72. The predicted octanol–water partition coefficient (Wildman–Crippen LogP) is 3.70. The molecule has 1 fully saturated rings. The number of carbonyl (C=O) groups is 1. The van der Waals surface area contributed by atoms with E-state index in [4.69, 9.17) is 16.7 Å². The molecule has 0 aliphatic heterocycles. The summed E-state index contributed by atoms with van der Waals surface area (Å²) >= 11 is 9.45. The summed E-state index contributed by atoms with van der Waals surface area (Å²) < 4.78 is 29.3. The number of halogens is 2. The van der Waals surface area contributed by atoms with Crippen LogP contribution in [0.1, 0.15) is 24.0 Å². The van der Waals surface area contributed by atoms with Crippen LogP contribution in [0.2, 0.25) is 5.02 Å². The molecule has 0 bridgehead atoms. The Morgan fingerprint density at radius 1 is 1.24 bits per heavy atom. The highest BCUT2D eigenvalue weighted by Crippen LogP contribution is 2.48. The number of rotatable bonds is 6. The molecule has 2 N–H and O–H groups in total. The summed E-state index contributed by atoms with van der Waals surface area (Å²) in [6.07, 6.45) is 0.951. The van der Waals surface area contributed by atoms with Gasteiger partial charge in [0, 0.05) is 9.50 Å². The van der Waals surface area contributed by atoms with Gasteiger partial charge in [0.05, 0.1) is 16.9 Å². The molecule has 0 aromatic heterocycles. The van der Waals surface area contributed by atoms with Gasteiger partial charge in [0.1, 0.15) is 0 Å². The van der Waals surface area contributed by atoms with Crippen molar-refractivity contribution in [2.45, 2.75) is 29.7 Å². The zero-order chi connectivity index (χ0) is 18.2. The van der Waals surface area contributed by atoms with Gasteiger partial charge in [0.25, 0.3) is 0 Å². The SMILES string of the molecule is O=C(O)Cc1ccccc1S(=O)(=O)NC1(c2cc(Cl)cc(Br)c2)CC1. The normalized spacial score (nSPS) is 15.8. The van der Waals surface area contributed by atoms with E-state index in [2.05, 4.69) is 20.7 Å². The number of hydrogen-bond donors (Lipinski definition) is 2. The van der Waals surface area contributed by atoms with Crippen molar-refractivity contribution in [1.29, 1.82) is 0 Å². The Kier molecular flexibility index (Phi) is 4.94. The maximum atomic E-state index is 12.9. The van der Waals surface area contributed by atoms with Crippen molar-refractivity contribution in [2.75, 3.05) is 0 Å². The Morgan fingerprint density at radius 3 is 2.52 bits per heavy atom. The van der Waals surface area contributed by atoms with E-state index in [9.17, 15) is 13.2 Å². The van der Waals surface area contributed by atoms with Gasteiger partial charge < -0.3 is 5.11 Å². The molecule has 0 saturated heterocycles. The van der Waals surface area contributed by atoms with E-state index < -0.39 is 21.5 Å². The fourth-order valence-corrected chi connectivity index (χ4v) is 5.34. The molecular formula is C17H15BrClNO4S. The molecule has 25 heavy (non-hydrogen) atoms. The highest BCUT2D eigenvalue weighted by molar-refractivity contribution is 9.10. The molecule has 0 amide bonds. The standard InChI is InChI=1S/C17H15BrClNO4S/c18-13-8-12(9-14(19)10-13)17(5-6-17)20-25(23,24)15-4-2-1-3-11(15)7-16(21)22/h1-4,8-10,20H,5-7H2,(H,21,22). The van der Waals surface area contributed by atoms with Crippen LogP contribution in [0.3, 0.4) is 0 Å². The first-order valence-corrected chi connectivity index (χ1v) is 10.2. The third kappa shape index (κ3) is 4.06. The summed E-state index contributed by atoms with van der Waals surface area (Å²) in [5.74, 6) is -1.08. The summed E-state index contributed by atoms with van der Waals surface area (Å²) in [7, 11) is -3.88. The van der Waals surface area contributed by atoms with E-state index in [1.54, 1.807) is 24.3 Å². The van der Waals surface area contributed by atoms with Crippen molar-refractivity contribution in [1.82, 2.24) is 4.72 Å². The van der Waals surface area contributed by atoms with Crippen molar-refractivity contribution in [3.8, 4) is 0 Å². The Morgan fingerprint density at radius 2 is 1.92 bits per heavy atom. The number of carboxylic acid groups (broad SMARTS) is 1. The van der Waals surface area contributed by atoms with Crippen molar-refractivity contribution < 1.29 is 18.3 Å². The molecule has 1 aliphatic rings. The fraction of sp³-hybridized carbons (Fsp3) is 0.235. The minimum absolute atomic E-state index is 0.00947. The van der Waals surface area contributed by atoms with Gasteiger partial charge in [-0.3, -0.25) is 4.79 Å². The highest BCUT2D eigenvalue weighted by atomic mass is 79.9. The van der Waals surface area contributed by atoms with Gasteiger partial charge in [-0.05, 0) is 48.2 Å². The van der Waals surface area contributed by atoms with Crippen molar-refractivity contribution >= 4 is 43.5 Å². The Hall–Kier alpha value is -1.41. The quantitative estimate of drug-likeness (QED) is 0.712. The van der Waals surface area contributed by atoms with E-state index >= 15 is 0 Å². The first kappa shape index (κ1) is 18.4. The Labute approximate surface area is 159 Å². The van der Waals surface area contributed by atoms with Gasteiger partial charge in [-0.2, -0.15) is 0 Å². The number of aliphatic carboxylic acids is 1. The van der Waals surface area contributed by atoms with E-state index in [0.29, 0.717) is 17.9 Å². The van der Waals surface area contributed by atoms with Crippen molar-refractivity contribution in [3.63, 3.8) is 0 Å². The van der Waals surface area contributed by atoms with Crippen LogP contribution in [0.4, 0.5) is 0 Å². The average molecular weight is 445 g/mol. The summed E-state index contributed by atoms with van der Waals surface area (Å²) in [6, 6.07) is 11.4. The molecule has 0 radical (unpaired) electrons. The van der Waals surface area contributed by atoms with Crippen LogP contribution >= 0.6 is 27.5 Å². The summed E-state index contributed by atoms with van der Waals surface area (Å²) in [5.41, 5.74) is 0.333. The second-order valence-corrected chi connectivity index (χ2v) is 9.03. The maximum absolute atomic E-state index is 12.9. The van der Waals surface area contributed by atoms with E-state index in [0.717, 1.165) is 10.0 Å². The molecule has 1 saturated carbocycles. The van der Waals surface area contributed by atoms with Gasteiger partial charge in [0.15, 0.2) is 0 Å². The Bertz CT molecular complexity index is 921. The average Bonchev–Trinajstić information content (AvgIpc) is 3.26. The smallest absolute Gasteiger partial charge is 0.307 e. The Balaban J connectivity index is 1.96. The van der Waals surface area contributed by atoms with Gasteiger partial charge in [0.2, 0.25) is 10.0 Å². The lowest BCUT2D eigenvalue weighted by Gasteiger charge is -2.20. The van der Waals surface area contributed by atoms with Crippen LogP contribution in [0, 0.1) is 0 Å². The summed E-state index contributed by atoms with van der Waals surface area (Å²) in [6.45, 7) is 0. The summed E-state index contributed by atoms with van der Waals surface area (Å²) in [5, 5.41) is 9.52. The minimum Gasteiger partial charge on any atom is -0.481 e. The van der Waals surface area contributed by atoms with Gasteiger partial charge >= 0.3 is 5.97 Å². The molecule has 0 atom stereocenters. The number of hydrogen-bond acceptors (Lipinski definition) is 3. The molecular weight excluding hydrogens is 430 g/mol. The second-order valence-electron chi connectivity index (χ2n) is 6.02. The van der Waals surface area contributed by atoms with Crippen LogP contribution in [0.5, 0.6) is 0 Å².